The molecule has 0 saturated heterocycles. The smallest absolute Gasteiger partial charge is 0.122 e. The van der Waals surface area contributed by atoms with E-state index < -0.39 is 0 Å². The molecular weight excluding hydrogens is 270 g/mol. The molecule has 0 aliphatic heterocycles. The van der Waals surface area contributed by atoms with Crippen molar-refractivity contribution in [3.05, 3.63) is 52.2 Å². The molecule has 0 fully saturated rings. The van der Waals surface area contributed by atoms with E-state index in [0.29, 0.717) is 6.61 Å². The van der Waals surface area contributed by atoms with Crippen molar-refractivity contribution in [1.29, 1.82) is 0 Å². The van der Waals surface area contributed by atoms with Gasteiger partial charge in [0, 0.05) is 17.5 Å². The van der Waals surface area contributed by atoms with Crippen molar-refractivity contribution in [3.8, 4) is 5.75 Å². The van der Waals surface area contributed by atoms with E-state index in [9.17, 15) is 0 Å². The zero-order chi connectivity index (χ0) is 14.2. The van der Waals surface area contributed by atoms with Crippen LogP contribution in [0.5, 0.6) is 5.75 Å². The summed E-state index contributed by atoms with van der Waals surface area (Å²) in [6.07, 6.45) is 0.929. The highest BCUT2D eigenvalue weighted by atomic mass is 32.1. The lowest BCUT2D eigenvalue weighted by Crippen LogP contribution is -2.31. The minimum absolute atomic E-state index is 0.171. The van der Waals surface area contributed by atoms with Gasteiger partial charge in [-0.05, 0) is 35.6 Å². The standard InChI is InChI=1S/C16H21NO2S/c1-2-14(11-18)17-10-13-5-7-15(8-6-13)19-12-16-4-3-9-20-16/h3-9,14,17-18H,2,10-12H2,1H3/t14-/m1/s1. The Bertz CT molecular complexity index is 478. The molecule has 0 unspecified atom stereocenters. The summed E-state index contributed by atoms with van der Waals surface area (Å²) in [5, 5.41) is 14.5. The van der Waals surface area contributed by atoms with Crippen LogP contribution in [0.2, 0.25) is 0 Å². The molecule has 20 heavy (non-hydrogen) atoms. The Hall–Kier alpha value is -1.36. The Morgan fingerprint density at radius 3 is 2.65 bits per heavy atom. The summed E-state index contributed by atoms with van der Waals surface area (Å²) < 4.78 is 5.72. The van der Waals surface area contributed by atoms with Crippen molar-refractivity contribution in [2.75, 3.05) is 6.61 Å². The van der Waals surface area contributed by atoms with Gasteiger partial charge in [-0.1, -0.05) is 25.1 Å². The minimum Gasteiger partial charge on any atom is -0.488 e. The van der Waals surface area contributed by atoms with Gasteiger partial charge in [0.15, 0.2) is 0 Å². The third kappa shape index (κ3) is 4.63. The van der Waals surface area contributed by atoms with E-state index in [1.807, 2.05) is 18.2 Å². The summed E-state index contributed by atoms with van der Waals surface area (Å²) >= 11 is 1.70. The molecule has 2 rings (SSSR count). The number of hydrogen-bond donors (Lipinski definition) is 2. The molecule has 0 radical (unpaired) electrons. The molecule has 0 bridgehead atoms. The largest absolute Gasteiger partial charge is 0.488 e. The molecule has 1 heterocycles. The van der Waals surface area contributed by atoms with Crippen LogP contribution >= 0.6 is 11.3 Å². The van der Waals surface area contributed by atoms with Crippen LogP contribution in [-0.2, 0) is 13.2 Å². The van der Waals surface area contributed by atoms with Crippen molar-refractivity contribution >= 4 is 11.3 Å². The number of aliphatic hydroxyl groups excluding tert-OH is 1. The Kier molecular flexibility index (Phi) is 6.05. The summed E-state index contributed by atoms with van der Waals surface area (Å²) in [4.78, 5) is 1.23. The van der Waals surface area contributed by atoms with Gasteiger partial charge in [-0.15, -0.1) is 11.3 Å². The van der Waals surface area contributed by atoms with Crippen molar-refractivity contribution < 1.29 is 9.84 Å². The van der Waals surface area contributed by atoms with E-state index in [4.69, 9.17) is 9.84 Å². The molecule has 2 aromatic rings. The molecule has 0 aliphatic rings. The van der Waals surface area contributed by atoms with Crippen LogP contribution in [-0.4, -0.2) is 17.8 Å². The quantitative estimate of drug-likeness (QED) is 0.785. The van der Waals surface area contributed by atoms with E-state index in [1.54, 1.807) is 11.3 Å². The highest BCUT2D eigenvalue weighted by molar-refractivity contribution is 7.09. The first-order chi connectivity index (χ1) is 9.81. The predicted molar refractivity (Wildman–Crippen MR) is 83.1 cm³/mol. The number of rotatable bonds is 8. The molecule has 1 atom stereocenters. The molecule has 1 aromatic carbocycles. The summed E-state index contributed by atoms with van der Waals surface area (Å²) in [7, 11) is 0. The Morgan fingerprint density at radius 1 is 1.25 bits per heavy atom. The lowest BCUT2D eigenvalue weighted by atomic mass is 10.2. The fraction of sp³-hybridized carbons (Fsp3) is 0.375. The Balaban J connectivity index is 1.80. The Morgan fingerprint density at radius 2 is 2.05 bits per heavy atom. The molecule has 1 aromatic heterocycles. The summed E-state index contributed by atoms with van der Waals surface area (Å²) in [6.45, 7) is 3.63. The van der Waals surface area contributed by atoms with Gasteiger partial charge in [0.1, 0.15) is 12.4 Å². The van der Waals surface area contributed by atoms with Gasteiger partial charge in [-0.3, -0.25) is 0 Å². The average molecular weight is 291 g/mol. The first-order valence-electron chi connectivity index (χ1n) is 6.90. The third-order valence-electron chi connectivity index (χ3n) is 3.19. The van der Waals surface area contributed by atoms with Gasteiger partial charge in [0.25, 0.3) is 0 Å². The second-order valence-corrected chi connectivity index (χ2v) is 5.71. The fourth-order valence-corrected chi connectivity index (χ4v) is 2.47. The number of hydrogen-bond acceptors (Lipinski definition) is 4. The SMILES string of the molecule is CC[C@H](CO)NCc1ccc(OCc2cccs2)cc1. The zero-order valence-corrected chi connectivity index (χ0v) is 12.5. The molecule has 4 heteroatoms. The molecule has 0 aliphatic carbocycles. The van der Waals surface area contributed by atoms with E-state index in [1.165, 1.54) is 10.4 Å². The molecule has 2 N–H and O–H groups in total. The van der Waals surface area contributed by atoms with Gasteiger partial charge < -0.3 is 15.2 Å². The van der Waals surface area contributed by atoms with Crippen molar-refractivity contribution in [2.24, 2.45) is 0 Å². The van der Waals surface area contributed by atoms with Gasteiger partial charge in [0.2, 0.25) is 0 Å². The van der Waals surface area contributed by atoms with Gasteiger partial charge >= 0.3 is 0 Å². The second kappa shape index (κ2) is 8.04. The Labute approximate surface area is 124 Å². The maximum atomic E-state index is 9.13. The van der Waals surface area contributed by atoms with Crippen molar-refractivity contribution in [1.82, 2.24) is 5.32 Å². The average Bonchev–Trinajstić information content (AvgIpc) is 3.01. The predicted octanol–water partition coefficient (Wildman–Crippen LogP) is 3.19. The highest BCUT2D eigenvalue weighted by Gasteiger charge is 2.03. The number of benzene rings is 1. The number of thiophene rings is 1. The van der Waals surface area contributed by atoms with E-state index >= 15 is 0 Å². The maximum absolute atomic E-state index is 9.13. The number of ether oxygens (including phenoxy) is 1. The first-order valence-corrected chi connectivity index (χ1v) is 7.78. The van der Waals surface area contributed by atoms with Crippen LogP contribution < -0.4 is 10.1 Å². The third-order valence-corrected chi connectivity index (χ3v) is 4.04. The summed E-state index contributed by atoms with van der Waals surface area (Å²) in [6, 6.07) is 12.4. The van der Waals surface area contributed by atoms with Crippen LogP contribution in [0.25, 0.3) is 0 Å². The highest BCUT2D eigenvalue weighted by Crippen LogP contribution is 2.16. The topological polar surface area (TPSA) is 41.5 Å². The fourth-order valence-electron chi connectivity index (χ4n) is 1.85. The monoisotopic (exact) mass is 291 g/mol. The van der Waals surface area contributed by atoms with Crippen LogP contribution in [0, 0.1) is 0 Å². The van der Waals surface area contributed by atoms with Crippen molar-refractivity contribution in [3.63, 3.8) is 0 Å². The van der Waals surface area contributed by atoms with Crippen LogP contribution in [0.1, 0.15) is 23.8 Å². The molecule has 108 valence electrons. The molecule has 0 amide bonds. The lowest BCUT2D eigenvalue weighted by molar-refractivity contribution is 0.238. The van der Waals surface area contributed by atoms with E-state index in [-0.39, 0.29) is 12.6 Å². The zero-order valence-electron chi connectivity index (χ0n) is 11.7. The van der Waals surface area contributed by atoms with Gasteiger partial charge in [-0.2, -0.15) is 0 Å². The minimum atomic E-state index is 0.171. The molecular formula is C16H21NO2S. The molecule has 3 nitrogen and oxygen atoms in total. The first kappa shape index (κ1) is 15.0. The second-order valence-electron chi connectivity index (χ2n) is 4.68. The van der Waals surface area contributed by atoms with Gasteiger partial charge in [0.05, 0.1) is 6.61 Å². The summed E-state index contributed by atoms with van der Waals surface area (Å²) in [5.74, 6) is 0.886. The normalized spacial score (nSPS) is 12.3. The number of aliphatic hydroxyl groups is 1. The molecule has 0 saturated carbocycles. The van der Waals surface area contributed by atoms with E-state index in [2.05, 4.69) is 35.8 Å². The summed E-state index contributed by atoms with van der Waals surface area (Å²) in [5.41, 5.74) is 1.19. The van der Waals surface area contributed by atoms with Gasteiger partial charge in [-0.25, -0.2) is 0 Å². The van der Waals surface area contributed by atoms with E-state index in [0.717, 1.165) is 18.7 Å². The molecule has 0 spiro atoms. The van der Waals surface area contributed by atoms with Crippen LogP contribution in [0.3, 0.4) is 0 Å². The lowest BCUT2D eigenvalue weighted by Gasteiger charge is -2.14. The van der Waals surface area contributed by atoms with Crippen LogP contribution in [0.15, 0.2) is 41.8 Å². The maximum Gasteiger partial charge on any atom is 0.122 e. The number of nitrogens with one attached hydrogen (secondary N) is 1. The van der Waals surface area contributed by atoms with Crippen LogP contribution in [0.4, 0.5) is 0 Å². The van der Waals surface area contributed by atoms with Crippen molar-refractivity contribution in [2.45, 2.75) is 32.5 Å².